The maximum Gasteiger partial charge on any atom is 0.303 e. The number of carboxylic acids is 1. The van der Waals surface area contributed by atoms with Gasteiger partial charge in [-0.15, -0.1) is 0 Å². The van der Waals surface area contributed by atoms with Gasteiger partial charge >= 0.3 is 5.97 Å². The number of morpholine rings is 1. The molecule has 6 aliphatic rings. The summed E-state index contributed by atoms with van der Waals surface area (Å²) in [6.45, 7) is 22.8. The zero-order valence-corrected chi connectivity index (χ0v) is 32.9. The van der Waals surface area contributed by atoms with E-state index in [4.69, 9.17) is 14.6 Å². The molecule has 1 heterocycles. The highest BCUT2D eigenvalue weighted by Gasteiger charge is 2.72. The monoisotopic (exact) mass is 713 g/mol. The lowest BCUT2D eigenvalue weighted by Crippen LogP contribution is -2.67. The molecule has 0 radical (unpaired) electrons. The van der Waals surface area contributed by atoms with Crippen LogP contribution in [0.2, 0.25) is 0 Å². The molecule has 10 atom stereocenters. The number of carbonyl (C=O) groups is 2. The van der Waals surface area contributed by atoms with Gasteiger partial charge < -0.3 is 25.0 Å². The van der Waals surface area contributed by atoms with Gasteiger partial charge in [-0.25, -0.2) is 0 Å². The van der Waals surface area contributed by atoms with E-state index in [9.17, 15) is 14.7 Å². The average Bonchev–Trinajstić information content (AvgIpc) is 3.49. The SMILES string of the molecule is C=C(OCCN1CCOCC1)[C@@H]1CC[C@]2(C(=O)NCCCCCCCC(=O)O)CC[C@]3(C)[C@H](CC[C@@H]4[C@@]5(C)CC[C@H](O)C(C)(C)[C@@H]5CC[C@]43C)[C@@H]12. The first-order valence-electron chi connectivity index (χ1n) is 21.0. The summed E-state index contributed by atoms with van der Waals surface area (Å²) in [5.74, 6) is 2.47. The van der Waals surface area contributed by atoms with Crippen LogP contribution in [0, 0.1) is 56.7 Å². The molecular weight excluding hydrogens is 640 g/mol. The van der Waals surface area contributed by atoms with Crippen LogP contribution in [-0.2, 0) is 19.1 Å². The molecule has 1 amide bonds. The molecule has 3 N–H and O–H groups in total. The van der Waals surface area contributed by atoms with E-state index in [1.807, 2.05) is 0 Å². The Bertz CT molecular complexity index is 1260. The van der Waals surface area contributed by atoms with Crippen LogP contribution in [-0.4, -0.2) is 79.1 Å². The Kier molecular flexibility index (Phi) is 11.7. The molecular formula is C43H72N2O6. The normalized spacial score (nSPS) is 41.8. The summed E-state index contributed by atoms with van der Waals surface area (Å²) in [4.78, 5) is 27.9. The molecule has 0 aromatic rings. The molecule has 290 valence electrons. The third-order valence-corrected chi connectivity index (χ3v) is 16.9. The van der Waals surface area contributed by atoms with Crippen LogP contribution in [0.3, 0.4) is 0 Å². The summed E-state index contributed by atoms with van der Waals surface area (Å²) in [5.41, 5.74) is 0.107. The number of aliphatic hydroxyl groups is 1. The predicted octanol–water partition coefficient (Wildman–Crippen LogP) is 7.83. The quantitative estimate of drug-likeness (QED) is 0.124. The van der Waals surface area contributed by atoms with Gasteiger partial charge in [-0.05, 0) is 122 Å². The van der Waals surface area contributed by atoms with Crippen LogP contribution in [0.4, 0.5) is 0 Å². The van der Waals surface area contributed by atoms with Crippen LogP contribution in [0.15, 0.2) is 12.3 Å². The van der Waals surface area contributed by atoms with Gasteiger partial charge in [0.2, 0.25) is 5.91 Å². The van der Waals surface area contributed by atoms with Crippen molar-refractivity contribution >= 4 is 11.9 Å². The van der Waals surface area contributed by atoms with E-state index in [2.05, 4.69) is 51.4 Å². The molecule has 8 nitrogen and oxygen atoms in total. The highest BCUT2D eigenvalue weighted by molar-refractivity contribution is 5.83. The van der Waals surface area contributed by atoms with Gasteiger partial charge in [-0.3, -0.25) is 14.5 Å². The fraction of sp³-hybridized carbons (Fsp3) is 0.907. The topological polar surface area (TPSA) is 108 Å². The van der Waals surface area contributed by atoms with Gasteiger partial charge in [0.05, 0.1) is 30.5 Å². The number of allylic oxidation sites excluding steroid dienone is 1. The number of hydrogen-bond acceptors (Lipinski definition) is 6. The third-order valence-electron chi connectivity index (χ3n) is 16.9. The van der Waals surface area contributed by atoms with Crippen molar-refractivity contribution < 1.29 is 29.3 Å². The average molecular weight is 713 g/mol. The second-order valence-corrected chi connectivity index (χ2v) is 19.3. The minimum Gasteiger partial charge on any atom is -0.497 e. The second kappa shape index (κ2) is 15.2. The summed E-state index contributed by atoms with van der Waals surface area (Å²) in [5, 5.41) is 23.5. The minimum atomic E-state index is -0.721. The fourth-order valence-corrected chi connectivity index (χ4v) is 13.9. The number of amides is 1. The number of rotatable bonds is 14. The molecule has 0 bridgehead atoms. The van der Waals surface area contributed by atoms with Crippen LogP contribution >= 0.6 is 0 Å². The molecule has 0 aromatic heterocycles. The van der Waals surface area contributed by atoms with E-state index >= 15 is 0 Å². The Balaban J connectivity index is 1.20. The summed E-state index contributed by atoms with van der Waals surface area (Å²) in [7, 11) is 0. The van der Waals surface area contributed by atoms with Gasteiger partial charge in [-0.1, -0.05) is 60.5 Å². The van der Waals surface area contributed by atoms with Crippen molar-refractivity contribution in [2.24, 2.45) is 56.7 Å². The van der Waals surface area contributed by atoms with Crippen LogP contribution in [0.1, 0.15) is 137 Å². The highest BCUT2D eigenvalue weighted by atomic mass is 16.5. The molecule has 51 heavy (non-hydrogen) atoms. The van der Waals surface area contributed by atoms with Crippen molar-refractivity contribution in [2.45, 2.75) is 143 Å². The smallest absolute Gasteiger partial charge is 0.303 e. The number of aliphatic carboxylic acids is 1. The molecule has 1 saturated heterocycles. The third kappa shape index (κ3) is 6.94. The Morgan fingerprint density at radius 1 is 0.843 bits per heavy atom. The molecule has 1 aliphatic heterocycles. The molecule has 0 aromatic carbocycles. The number of carboxylic acid groups (broad SMARTS) is 1. The Morgan fingerprint density at radius 2 is 1.57 bits per heavy atom. The van der Waals surface area contributed by atoms with Crippen LogP contribution < -0.4 is 5.32 Å². The van der Waals surface area contributed by atoms with E-state index < -0.39 is 5.97 Å². The van der Waals surface area contributed by atoms with Crippen molar-refractivity contribution in [3.8, 4) is 0 Å². The standard InChI is InChI=1S/C43H72N2O6/c1-30(51-29-26-45-24-27-50-28-25-45)31-15-20-43(38(49)44-23-11-9-7-8-10-12-36(47)48)22-21-41(5)32(37(31)43)13-14-34-40(4)18-17-35(46)39(2,3)33(40)16-19-42(34,41)6/h31-35,37,46H,1,7-29H2,2-6H3,(H,44,49)(H,47,48)/t31-,32+,33-,34+,35-,37+,40-,41+,42+,43-/m0/s1. The van der Waals surface area contributed by atoms with E-state index in [0.717, 1.165) is 116 Å². The molecule has 6 fully saturated rings. The number of nitrogens with one attached hydrogen (secondary N) is 1. The molecule has 0 unspecified atom stereocenters. The number of aliphatic hydroxyl groups excluding tert-OH is 1. The maximum atomic E-state index is 14.6. The highest BCUT2D eigenvalue weighted by Crippen LogP contribution is 2.77. The van der Waals surface area contributed by atoms with Gasteiger partial charge in [-0.2, -0.15) is 0 Å². The second-order valence-electron chi connectivity index (χ2n) is 19.3. The molecule has 5 saturated carbocycles. The number of hydrogen-bond donors (Lipinski definition) is 3. The van der Waals surface area contributed by atoms with Gasteiger partial charge in [0.1, 0.15) is 6.61 Å². The van der Waals surface area contributed by atoms with Crippen LogP contribution in [0.5, 0.6) is 0 Å². The maximum absolute atomic E-state index is 14.6. The number of unbranched alkanes of at least 4 members (excludes halogenated alkanes) is 4. The largest absolute Gasteiger partial charge is 0.497 e. The van der Waals surface area contributed by atoms with Crippen molar-refractivity contribution in [3.05, 3.63) is 12.3 Å². The van der Waals surface area contributed by atoms with Crippen molar-refractivity contribution in [2.75, 3.05) is 46.0 Å². The van der Waals surface area contributed by atoms with E-state index in [0.29, 0.717) is 30.9 Å². The zero-order valence-electron chi connectivity index (χ0n) is 32.9. The summed E-state index contributed by atoms with van der Waals surface area (Å²) < 4.78 is 12.1. The lowest BCUT2D eigenvalue weighted by Gasteiger charge is -2.72. The van der Waals surface area contributed by atoms with E-state index in [1.165, 1.54) is 19.3 Å². The Morgan fingerprint density at radius 3 is 2.31 bits per heavy atom. The fourth-order valence-electron chi connectivity index (χ4n) is 13.9. The Labute approximate surface area is 309 Å². The molecule has 5 aliphatic carbocycles. The van der Waals surface area contributed by atoms with Crippen LogP contribution in [0.25, 0.3) is 0 Å². The minimum absolute atomic E-state index is 0.0583. The van der Waals surface area contributed by atoms with Crippen molar-refractivity contribution in [1.29, 1.82) is 0 Å². The Hall–Kier alpha value is -1.64. The number of fused-ring (bicyclic) bond motifs is 7. The summed E-state index contributed by atoms with van der Waals surface area (Å²) >= 11 is 0. The number of nitrogens with zero attached hydrogens (tertiary/aromatic N) is 1. The van der Waals surface area contributed by atoms with Crippen molar-refractivity contribution in [1.82, 2.24) is 10.2 Å². The zero-order chi connectivity index (χ0) is 36.7. The summed E-state index contributed by atoms with van der Waals surface area (Å²) in [6.07, 6.45) is 15.4. The predicted molar refractivity (Wildman–Crippen MR) is 201 cm³/mol. The van der Waals surface area contributed by atoms with Gasteiger partial charge in [0, 0.05) is 38.5 Å². The first-order chi connectivity index (χ1) is 24.2. The molecule has 8 heteroatoms. The van der Waals surface area contributed by atoms with E-state index in [-0.39, 0.29) is 57.3 Å². The number of carbonyl (C=O) groups excluding carboxylic acids is 1. The van der Waals surface area contributed by atoms with Gasteiger partial charge in [0.25, 0.3) is 0 Å². The van der Waals surface area contributed by atoms with E-state index in [1.54, 1.807) is 0 Å². The van der Waals surface area contributed by atoms with Gasteiger partial charge in [0.15, 0.2) is 0 Å². The molecule has 6 rings (SSSR count). The first kappa shape index (κ1) is 39.1. The molecule has 0 spiro atoms. The van der Waals surface area contributed by atoms with Crippen molar-refractivity contribution in [3.63, 3.8) is 0 Å². The lowest BCUT2D eigenvalue weighted by molar-refractivity contribution is -0.247. The lowest BCUT2D eigenvalue weighted by atomic mass is 9.32. The number of ether oxygens (including phenoxy) is 2. The first-order valence-corrected chi connectivity index (χ1v) is 21.0. The summed E-state index contributed by atoms with van der Waals surface area (Å²) in [6, 6.07) is 0.